The van der Waals surface area contributed by atoms with Gasteiger partial charge in [0.1, 0.15) is 0 Å². The number of likely N-dealkylation sites (N-methyl/N-ethyl adjacent to an activating group) is 1. The van der Waals surface area contributed by atoms with Crippen LogP contribution in [0.25, 0.3) is 0 Å². The molecule has 0 saturated carbocycles. The van der Waals surface area contributed by atoms with Crippen LogP contribution in [0.5, 0.6) is 0 Å². The van der Waals surface area contributed by atoms with Crippen molar-refractivity contribution in [2.45, 2.75) is 25.8 Å². The normalized spacial score (nSPS) is 20.0. The lowest BCUT2D eigenvalue weighted by Gasteiger charge is -2.16. The van der Waals surface area contributed by atoms with Crippen LogP contribution in [-0.2, 0) is 9.59 Å². The zero-order valence-corrected chi connectivity index (χ0v) is 9.38. The van der Waals surface area contributed by atoms with E-state index in [0.717, 1.165) is 19.4 Å². The third-order valence-corrected chi connectivity index (χ3v) is 2.69. The molecule has 1 fully saturated rings. The molecule has 0 radical (unpaired) electrons. The predicted octanol–water partition coefficient (Wildman–Crippen LogP) is -0.667. The summed E-state index contributed by atoms with van der Waals surface area (Å²) in [5.74, 6) is -0.116. The summed E-state index contributed by atoms with van der Waals surface area (Å²) in [4.78, 5) is 24.5. The van der Waals surface area contributed by atoms with Crippen molar-refractivity contribution in [3.63, 3.8) is 0 Å². The van der Waals surface area contributed by atoms with E-state index >= 15 is 0 Å². The minimum atomic E-state index is -0.107. The lowest BCUT2D eigenvalue weighted by atomic mass is 10.2. The quantitative estimate of drug-likeness (QED) is 0.651. The molecule has 1 aliphatic rings. The number of carbonyl (C=O) groups is 2. The summed E-state index contributed by atoms with van der Waals surface area (Å²) >= 11 is 0. The second-order valence-corrected chi connectivity index (χ2v) is 3.77. The van der Waals surface area contributed by atoms with Crippen LogP contribution in [0.2, 0.25) is 0 Å². The Hall–Kier alpha value is -1.10. The third kappa shape index (κ3) is 3.51. The van der Waals surface area contributed by atoms with Crippen LogP contribution in [0.3, 0.4) is 0 Å². The molecule has 0 aromatic heterocycles. The minimum Gasteiger partial charge on any atom is -0.346 e. The Kier molecular flexibility index (Phi) is 4.55. The van der Waals surface area contributed by atoms with Gasteiger partial charge in [0.25, 0.3) is 0 Å². The van der Waals surface area contributed by atoms with Gasteiger partial charge in [-0.3, -0.25) is 9.59 Å². The van der Waals surface area contributed by atoms with E-state index in [2.05, 4.69) is 10.6 Å². The summed E-state index contributed by atoms with van der Waals surface area (Å²) in [6.07, 6.45) is 1.89. The SMILES string of the molecule is CCN(C)C(=O)CNC(=O)[C@H]1CCCN1. The lowest BCUT2D eigenvalue weighted by molar-refractivity contribution is -0.132. The molecule has 1 heterocycles. The molecule has 5 heteroatoms. The summed E-state index contributed by atoms with van der Waals surface area (Å²) < 4.78 is 0. The summed E-state index contributed by atoms with van der Waals surface area (Å²) in [6.45, 7) is 3.55. The Bertz CT molecular complexity index is 237. The second-order valence-electron chi connectivity index (χ2n) is 3.77. The molecule has 1 atom stereocenters. The van der Waals surface area contributed by atoms with Crippen molar-refractivity contribution in [1.82, 2.24) is 15.5 Å². The molecule has 5 nitrogen and oxygen atoms in total. The van der Waals surface area contributed by atoms with E-state index in [1.54, 1.807) is 11.9 Å². The number of rotatable bonds is 4. The Morgan fingerprint density at radius 3 is 2.80 bits per heavy atom. The molecule has 0 aromatic rings. The maximum absolute atomic E-state index is 11.5. The largest absolute Gasteiger partial charge is 0.346 e. The molecule has 1 aliphatic heterocycles. The van der Waals surface area contributed by atoms with E-state index in [1.807, 2.05) is 6.92 Å². The number of hydrogen-bond acceptors (Lipinski definition) is 3. The topological polar surface area (TPSA) is 61.4 Å². The summed E-state index contributed by atoms with van der Waals surface area (Å²) in [5.41, 5.74) is 0. The number of carbonyl (C=O) groups excluding carboxylic acids is 2. The van der Waals surface area contributed by atoms with Gasteiger partial charge < -0.3 is 15.5 Å². The first-order valence-corrected chi connectivity index (χ1v) is 5.40. The highest BCUT2D eigenvalue weighted by Gasteiger charge is 2.22. The van der Waals surface area contributed by atoms with Gasteiger partial charge in [0.05, 0.1) is 12.6 Å². The zero-order valence-electron chi connectivity index (χ0n) is 9.38. The van der Waals surface area contributed by atoms with Crippen LogP contribution in [0.4, 0.5) is 0 Å². The van der Waals surface area contributed by atoms with Crippen molar-refractivity contribution in [2.24, 2.45) is 0 Å². The predicted molar refractivity (Wildman–Crippen MR) is 57.3 cm³/mol. The first-order chi connectivity index (χ1) is 7.15. The van der Waals surface area contributed by atoms with Gasteiger partial charge >= 0.3 is 0 Å². The fourth-order valence-electron chi connectivity index (χ4n) is 1.51. The molecule has 2 N–H and O–H groups in total. The second kappa shape index (κ2) is 5.70. The molecule has 2 amide bonds. The van der Waals surface area contributed by atoms with E-state index in [0.29, 0.717) is 6.54 Å². The Labute approximate surface area is 90.2 Å². The summed E-state index contributed by atoms with van der Waals surface area (Å²) in [6, 6.07) is -0.107. The standard InChI is InChI=1S/C10H19N3O2/c1-3-13(2)9(14)7-12-10(15)8-5-4-6-11-8/h8,11H,3-7H2,1-2H3,(H,12,15)/t8-/m1/s1. The molecule has 86 valence electrons. The molecule has 15 heavy (non-hydrogen) atoms. The highest BCUT2D eigenvalue weighted by molar-refractivity contribution is 5.87. The van der Waals surface area contributed by atoms with Crippen LogP contribution in [0.15, 0.2) is 0 Å². The van der Waals surface area contributed by atoms with E-state index in [4.69, 9.17) is 0 Å². The van der Waals surface area contributed by atoms with Gasteiger partial charge in [0.15, 0.2) is 0 Å². The maximum atomic E-state index is 11.5. The molecule has 1 rings (SSSR count). The maximum Gasteiger partial charge on any atom is 0.241 e. The lowest BCUT2D eigenvalue weighted by Crippen LogP contribution is -2.45. The van der Waals surface area contributed by atoms with Gasteiger partial charge in [0, 0.05) is 13.6 Å². The smallest absolute Gasteiger partial charge is 0.241 e. The number of nitrogens with zero attached hydrogens (tertiary/aromatic N) is 1. The van der Waals surface area contributed by atoms with E-state index in [-0.39, 0.29) is 24.4 Å². The Morgan fingerprint density at radius 1 is 1.53 bits per heavy atom. The van der Waals surface area contributed by atoms with E-state index in [1.165, 1.54) is 0 Å². The van der Waals surface area contributed by atoms with Crippen LogP contribution in [0.1, 0.15) is 19.8 Å². The fraction of sp³-hybridized carbons (Fsp3) is 0.800. The summed E-state index contributed by atoms with van der Waals surface area (Å²) in [5, 5.41) is 5.73. The molecule has 0 aromatic carbocycles. The average Bonchev–Trinajstić information content (AvgIpc) is 2.77. The van der Waals surface area contributed by atoms with Gasteiger partial charge in [-0.25, -0.2) is 0 Å². The first kappa shape index (κ1) is 12.0. The molecule has 1 saturated heterocycles. The number of hydrogen-bond donors (Lipinski definition) is 2. The molecular weight excluding hydrogens is 194 g/mol. The van der Waals surface area contributed by atoms with Gasteiger partial charge in [-0.2, -0.15) is 0 Å². The van der Waals surface area contributed by atoms with Crippen molar-refractivity contribution in [3.8, 4) is 0 Å². The van der Waals surface area contributed by atoms with Gasteiger partial charge in [-0.05, 0) is 26.3 Å². The minimum absolute atomic E-state index is 0.0520. The van der Waals surface area contributed by atoms with Crippen molar-refractivity contribution in [1.29, 1.82) is 0 Å². The van der Waals surface area contributed by atoms with Crippen LogP contribution in [-0.4, -0.2) is 49.4 Å². The van der Waals surface area contributed by atoms with Crippen molar-refractivity contribution >= 4 is 11.8 Å². The summed E-state index contributed by atoms with van der Waals surface area (Å²) in [7, 11) is 1.72. The number of amides is 2. The van der Waals surface area contributed by atoms with E-state index < -0.39 is 0 Å². The highest BCUT2D eigenvalue weighted by atomic mass is 16.2. The van der Waals surface area contributed by atoms with Gasteiger partial charge in [0.2, 0.25) is 11.8 Å². The first-order valence-electron chi connectivity index (χ1n) is 5.40. The Balaban J connectivity index is 2.24. The molecule has 0 spiro atoms. The monoisotopic (exact) mass is 213 g/mol. The highest BCUT2D eigenvalue weighted by Crippen LogP contribution is 2.04. The average molecular weight is 213 g/mol. The zero-order chi connectivity index (χ0) is 11.3. The molecule has 0 unspecified atom stereocenters. The van der Waals surface area contributed by atoms with Crippen LogP contribution in [0, 0.1) is 0 Å². The number of nitrogens with one attached hydrogen (secondary N) is 2. The van der Waals surface area contributed by atoms with Crippen molar-refractivity contribution in [2.75, 3.05) is 26.7 Å². The van der Waals surface area contributed by atoms with Crippen molar-refractivity contribution in [3.05, 3.63) is 0 Å². The van der Waals surface area contributed by atoms with Crippen LogP contribution < -0.4 is 10.6 Å². The van der Waals surface area contributed by atoms with Crippen molar-refractivity contribution < 1.29 is 9.59 Å². The van der Waals surface area contributed by atoms with Crippen LogP contribution >= 0.6 is 0 Å². The molecule has 0 aliphatic carbocycles. The Morgan fingerprint density at radius 2 is 2.27 bits per heavy atom. The van der Waals surface area contributed by atoms with Gasteiger partial charge in [-0.15, -0.1) is 0 Å². The van der Waals surface area contributed by atoms with Gasteiger partial charge in [-0.1, -0.05) is 0 Å². The molecular formula is C10H19N3O2. The fourth-order valence-corrected chi connectivity index (χ4v) is 1.51. The van der Waals surface area contributed by atoms with E-state index in [9.17, 15) is 9.59 Å². The third-order valence-electron chi connectivity index (χ3n) is 2.69. The molecule has 0 bridgehead atoms.